The number of ether oxygens (including phenoxy) is 2. The average molecular weight is 236 g/mol. The van der Waals surface area contributed by atoms with Crippen molar-refractivity contribution in [3.05, 3.63) is 24.3 Å². The van der Waals surface area contributed by atoms with Crippen LogP contribution in [0.5, 0.6) is 11.5 Å². The van der Waals surface area contributed by atoms with E-state index in [1.807, 2.05) is 24.3 Å². The number of hydrogen-bond acceptors (Lipinski definition) is 2. The van der Waals surface area contributed by atoms with Crippen molar-refractivity contribution in [1.82, 2.24) is 0 Å². The first-order valence-corrected chi connectivity index (χ1v) is 6.53. The molecule has 0 bridgehead atoms. The van der Waals surface area contributed by atoms with Crippen LogP contribution < -0.4 is 14.8 Å². The Morgan fingerprint density at radius 3 is 2.88 bits per heavy atom. The maximum Gasteiger partial charge on any atom is 0.184 e. The van der Waals surface area contributed by atoms with Crippen LogP contribution in [-0.4, -0.2) is 25.3 Å². The summed E-state index contributed by atoms with van der Waals surface area (Å²) in [5.41, 5.74) is 0. The van der Waals surface area contributed by atoms with Crippen LogP contribution in [0, 0.1) is 0 Å². The normalized spacial score (nSPS) is 20.0. The van der Waals surface area contributed by atoms with Crippen molar-refractivity contribution in [2.45, 2.75) is 38.8 Å². The molecule has 0 aromatic heterocycles. The summed E-state index contributed by atoms with van der Waals surface area (Å²) < 4.78 is 11.7. The van der Waals surface area contributed by atoms with Gasteiger partial charge in [-0.15, -0.1) is 0 Å². The van der Waals surface area contributed by atoms with E-state index in [2.05, 4.69) is 19.2 Å². The molecular weight excluding hydrogens is 214 g/mol. The van der Waals surface area contributed by atoms with Crippen LogP contribution in [0.15, 0.2) is 24.3 Å². The van der Waals surface area contributed by atoms with Crippen molar-refractivity contribution in [1.29, 1.82) is 0 Å². The molecule has 1 aromatic rings. The second kappa shape index (κ2) is 5.92. The van der Waals surface area contributed by atoms with Gasteiger partial charge in [0.2, 0.25) is 0 Å². The highest BCUT2D eigenvalue weighted by atomic mass is 16.6. The minimum Gasteiger partial charge on any atom is -0.486 e. The fraction of sp³-hybridized carbons (Fsp3) is 0.571. The van der Waals surface area contributed by atoms with Gasteiger partial charge in [-0.2, -0.15) is 0 Å². The minimum absolute atomic E-state index is 0.154. The topological polar surface area (TPSA) is 35.1 Å². The maximum atomic E-state index is 5.97. The average Bonchev–Trinajstić information content (AvgIpc) is 2.38. The van der Waals surface area contributed by atoms with E-state index in [0.29, 0.717) is 12.6 Å². The molecular formula is C14H22NO2+. The molecule has 0 radical (unpaired) electrons. The van der Waals surface area contributed by atoms with E-state index in [1.54, 1.807) is 0 Å². The van der Waals surface area contributed by atoms with Crippen molar-refractivity contribution in [2.75, 3.05) is 13.2 Å². The Morgan fingerprint density at radius 2 is 2.12 bits per heavy atom. The van der Waals surface area contributed by atoms with Gasteiger partial charge in [-0.1, -0.05) is 25.5 Å². The lowest BCUT2D eigenvalue weighted by molar-refractivity contribution is -0.693. The van der Waals surface area contributed by atoms with Gasteiger partial charge in [-0.05, 0) is 25.5 Å². The second-order valence-electron chi connectivity index (χ2n) is 4.65. The lowest BCUT2D eigenvalue weighted by Gasteiger charge is -2.29. The Balaban J connectivity index is 1.88. The third kappa shape index (κ3) is 3.13. The van der Waals surface area contributed by atoms with E-state index in [0.717, 1.165) is 11.5 Å². The third-order valence-electron chi connectivity index (χ3n) is 3.21. The third-order valence-corrected chi connectivity index (χ3v) is 3.21. The molecule has 3 nitrogen and oxygen atoms in total. The first kappa shape index (κ1) is 12.2. The fourth-order valence-corrected chi connectivity index (χ4v) is 2.03. The summed E-state index contributed by atoms with van der Waals surface area (Å²) in [4.78, 5) is 0. The molecule has 1 aromatic carbocycles. The molecule has 0 unspecified atom stereocenters. The van der Waals surface area contributed by atoms with Gasteiger partial charge in [-0.25, -0.2) is 0 Å². The number of hydrogen-bond donors (Lipinski definition) is 1. The summed E-state index contributed by atoms with van der Waals surface area (Å²) in [5, 5.41) is 2.35. The minimum atomic E-state index is 0.154. The molecule has 1 aliphatic rings. The standard InChI is InChI=1S/C14H21NO2/c1-3-4-9-15-11(2)14-10-16-12-7-5-6-8-13(12)17-14/h5-8,11,14-15H,3-4,9-10H2,1-2H3/p+1/t11-,14+/m1/s1. The van der Waals surface area contributed by atoms with Gasteiger partial charge in [0.05, 0.1) is 6.54 Å². The summed E-state index contributed by atoms with van der Waals surface area (Å²) in [6.07, 6.45) is 2.66. The summed E-state index contributed by atoms with van der Waals surface area (Å²) >= 11 is 0. The van der Waals surface area contributed by atoms with Gasteiger partial charge in [0, 0.05) is 0 Å². The number of quaternary nitrogens is 1. The summed E-state index contributed by atoms with van der Waals surface area (Å²) in [5.74, 6) is 1.74. The van der Waals surface area contributed by atoms with E-state index in [-0.39, 0.29) is 6.10 Å². The number of rotatable bonds is 5. The lowest BCUT2D eigenvalue weighted by Crippen LogP contribution is -2.92. The Kier molecular flexibility index (Phi) is 4.26. The quantitative estimate of drug-likeness (QED) is 0.788. The van der Waals surface area contributed by atoms with E-state index < -0.39 is 0 Å². The zero-order valence-corrected chi connectivity index (χ0v) is 10.7. The Hall–Kier alpha value is -1.22. The van der Waals surface area contributed by atoms with Gasteiger partial charge < -0.3 is 14.8 Å². The highest BCUT2D eigenvalue weighted by Gasteiger charge is 2.27. The molecule has 0 aliphatic carbocycles. The first-order valence-electron chi connectivity index (χ1n) is 6.53. The van der Waals surface area contributed by atoms with Crippen LogP contribution in [0.4, 0.5) is 0 Å². The first-order chi connectivity index (χ1) is 8.31. The zero-order valence-electron chi connectivity index (χ0n) is 10.7. The van der Waals surface area contributed by atoms with Crippen molar-refractivity contribution < 1.29 is 14.8 Å². The summed E-state index contributed by atoms with van der Waals surface area (Å²) in [7, 11) is 0. The van der Waals surface area contributed by atoms with Crippen LogP contribution in [-0.2, 0) is 0 Å². The summed E-state index contributed by atoms with van der Waals surface area (Å²) in [6.45, 7) is 6.24. The van der Waals surface area contributed by atoms with Crippen LogP contribution in [0.3, 0.4) is 0 Å². The van der Waals surface area contributed by atoms with E-state index in [4.69, 9.17) is 9.47 Å². The molecule has 0 amide bonds. The highest BCUT2D eigenvalue weighted by molar-refractivity contribution is 5.40. The predicted molar refractivity (Wildman–Crippen MR) is 67.5 cm³/mol. The highest BCUT2D eigenvalue weighted by Crippen LogP contribution is 2.31. The maximum absolute atomic E-state index is 5.97. The number of unbranched alkanes of at least 4 members (excludes halogenated alkanes) is 1. The van der Waals surface area contributed by atoms with Gasteiger partial charge >= 0.3 is 0 Å². The van der Waals surface area contributed by atoms with Gasteiger partial charge in [0.1, 0.15) is 12.6 Å². The predicted octanol–water partition coefficient (Wildman–Crippen LogP) is 1.58. The van der Waals surface area contributed by atoms with Gasteiger partial charge in [0.25, 0.3) is 0 Å². The molecule has 2 atom stereocenters. The molecule has 0 fully saturated rings. The van der Waals surface area contributed by atoms with Crippen LogP contribution in [0.2, 0.25) is 0 Å². The van der Waals surface area contributed by atoms with E-state index >= 15 is 0 Å². The van der Waals surface area contributed by atoms with Crippen molar-refractivity contribution >= 4 is 0 Å². The largest absolute Gasteiger partial charge is 0.486 e. The van der Waals surface area contributed by atoms with E-state index in [1.165, 1.54) is 19.4 Å². The molecule has 2 N–H and O–H groups in total. The monoisotopic (exact) mass is 236 g/mol. The molecule has 1 heterocycles. The van der Waals surface area contributed by atoms with Gasteiger partial charge in [0.15, 0.2) is 17.6 Å². The SMILES string of the molecule is CCCC[NH2+][C@H](C)[C@@H]1COc2ccccc2O1. The molecule has 1 aliphatic heterocycles. The number of benzene rings is 1. The smallest absolute Gasteiger partial charge is 0.184 e. The lowest BCUT2D eigenvalue weighted by atomic mass is 10.1. The number of nitrogens with two attached hydrogens (primary N) is 1. The molecule has 3 heteroatoms. The molecule has 0 saturated heterocycles. The van der Waals surface area contributed by atoms with Crippen LogP contribution >= 0.6 is 0 Å². The molecule has 2 rings (SSSR count). The zero-order chi connectivity index (χ0) is 12.1. The second-order valence-corrected chi connectivity index (χ2v) is 4.65. The molecule has 17 heavy (non-hydrogen) atoms. The van der Waals surface area contributed by atoms with Gasteiger partial charge in [-0.3, -0.25) is 0 Å². The van der Waals surface area contributed by atoms with Crippen molar-refractivity contribution in [2.24, 2.45) is 0 Å². The Labute approximate surface area is 103 Å². The van der Waals surface area contributed by atoms with Crippen molar-refractivity contribution in [3.63, 3.8) is 0 Å². The van der Waals surface area contributed by atoms with E-state index in [9.17, 15) is 0 Å². The van der Waals surface area contributed by atoms with Crippen LogP contribution in [0.1, 0.15) is 26.7 Å². The Bertz CT molecular complexity index is 354. The summed E-state index contributed by atoms with van der Waals surface area (Å²) in [6, 6.07) is 8.32. The molecule has 0 saturated carbocycles. The Morgan fingerprint density at radius 1 is 1.35 bits per heavy atom. The number of fused-ring (bicyclic) bond motifs is 1. The number of para-hydroxylation sites is 2. The van der Waals surface area contributed by atoms with Crippen molar-refractivity contribution in [3.8, 4) is 11.5 Å². The fourth-order valence-electron chi connectivity index (χ4n) is 2.03. The molecule has 0 spiro atoms. The van der Waals surface area contributed by atoms with Crippen LogP contribution in [0.25, 0.3) is 0 Å². The molecule has 94 valence electrons.